The molecule has 15 heteroatoms. The molecule has 198 valence electrons. The molecule has 1 saturated heterocycles. The monoisotopic (exact) mass is 537 g/mol. The molecule has 0 atom stereocenters. The predicted octanol–water partition coefficient (Wildman–Crippen LogP) is 4.45. The van der Waals surface area contributed by atoms with E-state index in [4.69, 9.17) is 27.1 Å². The van der Waals surface area contributed by atoms with Crippen LogP contribution in [0, 0.1) is 0 Å². The van der Waals surface area contributed by atoms with Crippen molar-refractivity contribution in [2.45, 2.75) is 41.5 Å². The molecule has 0 aromatic carbocycles. The third kappa shape index (κ3) is 9.05. The standard InChI is InChI=1S/C18H42N3O9P3/c1-7-25-31(22,26-8-2)19-13-15-20(32(23,27-9-3)28-10-4)17-18-21(16-14-19)33(24,29-11-5)30-12-6/h7-18H2,1-6H3. The molecule has 0 saturated carbocycles. The van der Waals surface area contributed by atoms with Crippen molar-refractivity contribution in [2.24, 2.45) is 0 Å². The van der Waals surface area contributed by atoms with Gasteiger partial charge >= 0.3 is 23.2 Å². The summed E-state index contributed by atoms with van der Waals surface area (Å²) < 4.78 is 78.5. The summed E-state index contributed by atoms with van der Waals surface area (Å²) in [7, 11) is -10.9. The molecule has 12 nitrogen and oxygen atoms in total. The number of hydrogen-bond donors (Lipinski definition) is 0. The molecule has 1 rings (SSSR count). The number of rotatable bonds is 15. The number of nitrogens with zero attached hydrogens (tertiary/aromatic N) is 3. The van der Waals surface area contributed by atoms with Gasteiger partial charge in [-0.3, -0.25) is 27.1 Å². The van der Waals surface area contributed by atoms with Gasteiger partial charge in [0.15, 0.2) is 0 Å². The van der Waals surface area contributed by atoms with Crippen molar-refractivity contribution >= 4 is 23.2 Å². The smallest absolute Gasteiger partial charge is 0.297 e. The minimum atomic E-state index is -3.64. The summed E-state index contributed by atoms with van der Waals surface area (Å²) in [6.07, 6.45) is 0. The SMILES string of the molecule is CCOP(=O)(OCC)N1CCN(P(=O)(OCC)OCC)CCN(P(=O)(OCC)OCC)CC1. The minimum absolute atomic E-state index is 0.188. The molecule has 0 N–H and O–H groups in total. The lowest BCUT2D eigenvalue weighted by atomic mass is 10.5. The van der Waals surface area contributed by atoms with Crippen LogP contribution in [0.5, 0.6) is 0 Å². The van der Waals surface area contributed by atoms with E-state index in [-0.39, 0.29) is 78.9 Å². The van der Waals surface area contributed by atoms with Crippen molar-refractivity contribution in [3.8, 4) is 0 Å². The Morgan fingerprint density at radius 1 is 0.424 bits per heavy atom. The summed E-state index contributed by atoms with van der Waals surface area (Å²) in [5.41, 5.74) is 0. The lowest BCUT2D eigenvalue weighted by Gasteiger charge is -2.32. The predicted molar refractivity (Wildman–Crippen MR) is 127 cm³/mol. The van der Waals surface area contributed by atoms with Gasteiger partial charge in [-0.15, -0.1) is 0 Å². The van der Waals surface area contributed by atoms with Crippen molar-refractivity contribution in [1.29, 1.82) is 0 Å². The van der Waals surface area contributed by atoms with Gasteiger partial charge in [-0.1, -0.05) is 0 Å². The molecule has 1 aliphatic rings. The van der Waals surface area contributed by atoms with Gasteiger partial charge in [0.25, 0.3) is 0 Å². The van der Waals surface area contributed by atoms with Crippen LogP contribution in [0.2, 0.25) is 0 Å². The third-order valence-electron chi connectivity index (χ3n) is 4.64. The second kappa shape index (κ2) is 15.4. The van der Waals surface area contributed by atoms with Gasteiger partial charge in [0.2, 0.25) is 0 Å². The molecular weight excluding hydrogens is 495 g/mol. The molecule has 0 spiro atoms. The summed E-state index contributed by atoms with van der Waals surface area (Å²) in [5, 5.41) is 0. The summed E-state index contributed by atoms with van der Waals surface area (Å²) in [6.45, 7) is 12.8. The average molecular weight is 537 g/mol. The zero-order chi connectivity index (χ0) is 25.0. The van der Waals surface area contributed by atoms with Crippen LogP contribution < -0.4 is 0 Å². The maximum absolute atomic E-state index is 13.5. The molecular formula is C18H42N3O9P3. The molecule has 1 heterocycles. The van der Waals surface area contributed by atoms with Crippen molar-refractivity contribution in [1.82, 2.24) is 14.0 Å². The van der Waals surface area contributed by atoms with Crippen molar-refractivity contribution < 1.29 is 40.8 Å². The lowest BCUT2D eigenvalue weighted by molar-refractivity contribution is 0.151. The highest BCUT2D eigenvalue weighted by atomic mass is 31.2. The quantitative estimate of drug-likeness (QED) is 0.275. The maximum Gasteiger partial charge on any atom is 0.408 e. The first-order valence-corrected chi connectivity index (χ1v) is 16.1. The topological polar surface area (TPSA) is 116 Å². The summed E-state index contributed by atoms with van der Waals surface area (Å²) >= 11 is 0. The Morgan fingerprint density at radius 3 is 0.697 bits per heavy atom. The molecule has 33 heavy (non-hydrogen) atoms. The van der Waals surface area contributed by atoms with Crippen LogP contribution in [0.25, 0.3) is 0 Å². The van der Waals surface area contributed by atoms with Crippen LogP contribution in [0.1, 0.15) is 41.5 Å². The van der Waals surface area contributed by atoms with Crippen LogP contribution >= 0.6 is 23.2 Å². The van der Waals surface area contributed by atoms with Crippen molar-refractivity contribution in [2.75, 3.05) is 78.9 Å². The van der Waals surface area contributed by atoms with Crippen LogP contribution in [-0.4, -0.2) is 92.9 Å². The Kier molecular flexibility index (Phi) is 14.7. The molecule has 0 unspecified atom stereocenters. The average Bonchev–Trinajstić information content (AvgIpc) is 2.86. The van der Waals surface area contributed by atoms with Gasteiger partial charge in [-0.25, -0.2) is 27.7 Å². The maximum atomic E-state index is 13.5. The van der Waals surface area contributed by atoms with E-state index in [0.717, 1.165) is 0 Å². The second-order valence-corrected chi connectivity index (χ2v) is 12.8. The Balaban J connectivity index is 3.39. The molecule has 0 bridgehead atoms. The van der Waals surface area contributed by atoms with E-state index in [2.05, 4.69) is 0 Å². The fourth-order valence-electron chi connectivity index (χ4n) is 3.34. The van der Waals surface area contributed by atoms with E-state index in [1.165, 1.54) is 0 Å². The normalized spacial score (nSPS) is 18.7. The zero-order valence-electron chi connectivity index (χ0n) is 20.8. The third-order valence-corrected chi connectivity index (χ3v) is 11.4. The van der Waals surface area contributed by atoms with E-state index < -0.39 is 23.2 Å². The highest BCUT2D eigenvalue weighted by Gasteiger charge is 2.41. The van der Waals surface area contributed by atoms with E-state index in [0.29, 0.717) is 0 Å². The van der Waals surface area contributed by atoms with Crippen LogP contribution in [0.3, 0.4) is 0 Å². The molecule has 0 radical (unpaired) electrons. The summed E-state index contributed by atoms with van der Waals surface area (Å²) in [6, 6.07) is 0. The van der Waals surface area contributed by atoms with Gasteiger partial charge in [0, 0.05) is 39.3 Å². The van der Waals surface area contributed by atoms with E-state index in [9.17, 15) is 13.7 Å². The van der Waals surface area contributed by atoms with Gasteiger partial charge in [0.1, 0.15) is 0 Å². The fourth-order valence-corrected chi connectivity index (χ4v) is 8.51. The van der Waals surface area contributed by atoms with Crippen LogP contribution in [0.4, 0.5) is 0 Å². The molecule has 0 aromatic rings. The van der Waals surface area contributed by atoms with Gasteiger partial charge in [-0.2, -0.15) is 0 Å². The minimum Gasteiger partial charge on any atom is -0.297 e. The van der Waals surface area contributed by atoms with Crippen LogP contribution in [0.15, 0.2) is 0 Å². The highest BCUT2D eigenvalue weighted by molar-refractivity contribution is 7.52. The molecule has 0 amide bonds. The number of hydrogen-bond acceptors (Lipinski definition) is 9. The van der Waals surface area contributed by atoms with Crippen molar-refractivity contribution in [3.05, 3.63) is 0 Å². The molecule has 0 aliphatic carbocycles. The molecule has 1 aliphatic heterocycles. The molecule has 0 aromatic heterocycles. The Labute approximate surface area is 198 Å². The highest BCUT2D eigenvalue weighted by Crippen LogP contribution is 2.56. The Morgan fingerprint density at radius 2 is 0.576 bits per heavy atom. The van der Waals surface area contributed by atoms with E-state index >= 15 is 0 Å². The fraction of sp³-hybridized carbons (Fsp3) is 1.00. The molecule has 1 fully saturated rings. The van der Waals surface area contributed by atoms with Crippen LogP contribution in [-0.2, 0) is 40.8 Å². The van der Waals surface area contributed by atoms with E-state index in [1.807, 2.05) is 0 Å². The second-order valence-electron chi connectivity index (χ2n) is 6.77. The Bertz CT molecular complexity index is 568. The van der Waals surface area contributed by atoms with E-state index in [1.54, 1.807) is 55.6 Å². The largest absolute Gasteiger partial charge is 0.408 e. The first-order valence-electron chi connectivity index (χ1n) is 11.6. The summed E-state index contributed by atoms with van der Waals surface area (Å²) in [4.78, 5) is 0. The van der Waals surface area contributed by atoms with Gasteiger partial charge in [-0.05, 0) is 41.5 Å². The first kappa shape index (κ1) is 31.4. The van der Waals surface area contributed by atoms with Crippen molar-refractivity contribution in [3.63, 3.8) is 0 Å². The van der Waals surface area contributed by atoms with Gasteiger partial charge in [0.05, 0.1) is 39.6 Å². The Hall–Kier alpha value is 0.330. The summed E-state index contributed by atoms with van der Waals surface area (Å²) in [5.74, 6) is 0. The first-order chi connectivity index (χ1) is 15.7. The zero-order valence-corrected chi connectivity index (χ0v) is 23.5. The lowest BCUT2D eigenvalue weighted by Crippen LogP contribution is -2.34. The van der Waals surface area contributed by atoms with Gasteiger partial charge < -0.3 is 0 Å².